The van der Waals surface area contributed by atoms with Crippen LogP contribution in [0.2, 0.25) is 0 Å². The van der Waals surface area contributed by atoms with Crippen molar-refractivity contribution in [3.63, 3.8) is 0 Å². The summed E-state index contributed by atoms with van der Waals surface area (Å²) in [5, 5.41) is 4.56. The second-order valence-electron chi connectivity index (χ2n) is 6.33. The molecule has 2 aromatic carbocycles. The summed E-state index contributed by atoms with van der Waals surface area (Å²) in [6.07, 6.45) is 1.41. The van der Waals surface area contributed by atoms with Crippen LogP contribution in [0.15, 0.2) is 65.4 Å². The molecule has 148 valence electrons. The summed E-state index contributed by atoms with van der Waals surface area (Å²) in [6.45, 7) is 0.0454. The number of fused-ring (bicyclic) bond motifs is 1. The number of methoxy groups -OCH3 is 1. The average molecular weight is 410 g/mol. The van der Waals surface area contributed by atoms with Crippen molar-refractivity contribution in [3.05, 3.63) is 72.3 Å². The third kappa shape index (κ3) is 4.41. The number of nitrogens with one attached hydrogen (secondary N) is 1. The minimum Gasteiger partial charge on any atom is -0.497 e. The maximum Gasteiger partial charge on any atom is 0.217 e. The summed E-state index contributed by atoms with van der Waals surface area (Å²) in [6, 6.07) is 16.3. The number of rotatable bonds is 7. The minimum atomic E-state index is -3.63. The number of para-hydroxylation sites is 1. The van der Waals surface area contributed by atoms with E-state index in [1.165, 1.54) is 6.33 Å². The smallest absolute Gasteiger partial charge is 0.217 e. The fourth-order valence-corrected chi connectivity index (χ4v) is 3.91. The van der Waals surface area contributed by atoms with Gasteiger partial charge in [0.15, 0.2) is 5.58 Å². The second kappa shape index (κ2) is 7.98. The molecule has 0 radical (unpaired) electrons. The van der Waals surface area contributed by atoms with Crippen molar-refractivity contribution in [2.24, 2.45) is 0 Å². The number of sulfonamides is 1. The van der Waals surface area contributed by atoms with Crippen LogP contribution in [0.5, 0.6) is 5.75 Å². The van der Waals surface area contributed by atoms with Crippen LogP contribution < -0.4 is 9.46 Å². The van der Waals surface area contributed by atoms with Gasteiger partial charge in [-0.15, -0.1) is 0 Å². The monoisotopic (exact) mass is 410 g/mol. The second-order valence-corrected chi connectivity index (χ2v) is 8.14. The number of hydrogen-bond acceptors (Lipinski definition) is 7. The standard InChI is InChI=1S/C20H18N4O4S/c1-27-16-8-6-14(7-9-16)18-10-15(21-13-22-18)11-23-29(25,26)12-19-17-4-2-3-5-20(17)28-24-19/h2-10,13,23H,11-12H2,1H3. The van der Waals surface area contributed by atoms with E-state index in [0.29, 0.717) is 28.1 Å². The van der Waals surface area contributed by atoms with Crippen molar-refractivity contribution in [1.29, 1.82) is 0 Å². The number of nitrogens with zero attached hydrogens (tertiary/aromatic N) is 3. The molecule has 0 aliphatic carbocycles. The zero-order valence-electron chi connectivity index (χ0n) is 15.6. The lowest BCUT2D eigenvalue weighted by atomic mass is 10.1. The van der Waals surface area contributed by atoms with E-state index in [0.717, 1.165) is 11.3 Å². The lowest BCUT2D eigenvalue weighted by Gasteiger charge is -2.07. The Morgan fingerprint density at radius 3 is 2.66 bits per heavy atom. The molecule has 4 aromatic rings. The number of ether oxygens (including phenoxy) is 1. The Balaban J connectivity index is 1.46. The van der Waals surface area contributed by atoms with Gasteiger partial charge in [0.25, 0.3) is 0 Å². The van der Waals surface area contributed by atoms with Gasteiger partial charge in [0, 0.05) is 10.9 Å². The lowest BCUT2D eigenvalue weighted by Crippen LogP contribution is -2.25. The summed E-state index contributed by atoms with van der Waals surface area (Å²) in [4.78, 5) is 8.40. The molecular weight excluding hydrogens is 392 g/mol. The Hall–Kier alpha value is -3.30. The lowest BCUT2D eigenvalue weighted by molar-refractivity contribution is 0.415. The zero-order chi connectivity index (χ0) is 20.3. The first kappa shape index (κ1) is 19.0. The largest absolute Gasteiger partial charge is 0.497 e. The van der Waals surface area contributed by atoms with Crippen LogP contribution in [0.4, 0.5) is 0 Å². The van der Waals surface area contributed by atoms with E-state index in [4.69, 9.17) is 9.26 Å². The minimum absolute atomic E-state index is 0.0454. The molecule has 0 bridgehead atoms. The average Bonchev–Trinajstić information content (AvgIpc) is 3.15. The highest BCUT2D eigenvalue weighted by Crippen LogP contribution is 2.21. The van der Waals surface area contributed by atoms with Gasteiger partial charge in [0.05, 0.1) is 25.0 Å². The molecule has 0 fully saturated rings. The summed E-state index contributed by atoms with van der Waals surface area (Å²) in [5.41, 5.74) is 3.05. The Morgan fingerprint density at radius 1 is 1.07 bits per heavy atom. The Kier molecular flexibility index (Phi) is 5.24. The van der Waals surface area contributed by atoms with Gasteiger partial charge in [0.2, 0.25) is 10.0 Å². The molecule has 0 aliphatic heterocycles. The molecule has 0 unspecified atom stereocenters. The van der Waals surface area contributed by atoms with Crippen molar-refractivity contribution in [3.8, 4) is 17.0 Å². The van der Waals surface area contributed by atoms with Gasteiger partial charge < -0.3 is 9.26 Å². The van der Waals surface area contributed by atoms with Gasteiger partial charge >= 0.3 is 0 Å². The predicted octanol–water partition coefficient (Wildman–Crippen LogP) is 2.91. The van der Waals surface area contributed by atoms with Crippen LogP contribution >= 0.6 is 0 Å². The van der Waals surface area contributed by atoms with Gasteiger partial charge in [-0.1, -0.05) is 17.3 Å². The fourth-order valence-electron chi connectivity index (χ4n) is 2.87. The van der Waals surface area contributed by atoms with E-state index in [-0.39, 0.29) is 12.3 Å². The van der Waals surface area contributed by atoms with Crippen molar-refractivity contribution in [2.45, 2.75) is 12.3 Å². The molecule has 0 aliphatic rings. The van der Waals surface area contributed by atoms with E-state index in [1.807, 2.05) is 30.3 Å². The highest BCUT2D eigenvalue weighted by Gasteiger charge is 2.17. The van der Waals surface area contributed by atoms with E-state index < -0.39 is 10.0 Å². The van der Waals surface area contributed by atoms with E-state index in [2.05, 4.69) is 19.8 Å². The van der Waals surface area contributed by atoms with E-state index >= 15 is 0 Å². The molecule has 0 spiro atoms. The molecule has 0 saturated carbocycles. The molecule has 29 heavy (non-hydrogen) atoms. The molecule has 0 amide bonds. The third-order valence-corrected chi connectivity index (χ3v) is 5.60. The maximum absolute atomic E-state index is 12.5. The predicted molar refractivity (Wildman–Crippen MR) is 107 cm³/mol. The summed E-state index contributed by atoms with van der Waals surface area (Å²) >= 11 is 0. The Labute approximate surface area is 167 Å². The van der Waals surface area contributed by atoms with Gasteiger partial charge in [0.1, 0.15) is 23.5 Å². The number of benzene rings is 2. The number of aromatic nitrogens is 3. The summed E-state index contributed by atoms with van der Waals surface area (Å²) in [5.74, 6) is 0.469. The highest BCUT2D eigenvalue weighted by atomic mass is 32.2. The molecule has 0 saturated heterocycles. The van der Waals surface area contributed by atoms with Gasteiger partial charge in [-0.25, -0.2) is 23.1 Å². The first-order valence-corrected chi connectivity index (χ1v) is 10.5. The summed E-state index contributed by atoms with van der Waals surface area (Å²) in [7, 11) is -2.03. The van der Waals surface area contributed by atoms with Crippen LogP contribution in [-0.4, -0.2) is 30.7 Å². The van der Waals surface area contributed by atoms with Crippen LogP contribution in [0.1, 0.15) is 11.4 Å². The topological polar surface area (TPSA) is 107 Å². The molecule has 2 heterocycles. The normalized spacial score (nSPS) is 11.6. The van der Waals surface area contributed by atoms with E-state index in [9.17, 15) is 8.42 Å². The molecular formula is C20H18N4O4S. The van der Waals surface area contributed by atoms with Crippen molar-refractivity contribution < 1.29 is 17.7 Å². The van der Waals surface area contributed by atoms with Crippen LogP contribution in [-0.2, 0) is 22.3 Å². The first-order chi connectivity index (χ1) is 14.0. The molecule has 4 rings (SSSR count). The van der Waals surface area contributed by atoms with Crippen LogP contribution in [0.3, 0.4) is 0 Å². The van der Waals surface area contributed by atoms with Gasteiger partial charge in [-0.05, 0) is 42.5 Å². The third-order valence-electron chi connectivity index (χ3n) is 4.36. The molecule has 2 aromatic heterocycles. The van der Waals surface area contributed by atoms with Crippen molar-refractivity contribution >= 4 is 21.0 Å². The quantitative estimate of drug-likeness (QED) is 0.499. The molecule has 9 heteroatoms. The molecule has 1 N–H and O–H groups in total. The van der Waals surface area contributed by atoms with Gasteiger partial charge in [-0.3, -0.25) is 0 Å². The molecule has 0 atom stereocenters. The first-order valence-electron chi connectivity index (χ1n) is 8.80. The van der Waals surface area contributed by atoms with Crippen molar-refractivity contribution in [1.82, 2.24) is 19.8 Å². The van der Waals surface area contributed by atoms with Crippen LogP contribution in [0, 0.1) is 0 Å². The molecule has 8 nitrogen and oxygen atoms in total. The van der Waals surface area contributed by atoms with Crippen molar-refractivity contribution in [2.75, 3.05) is 7.11 Å². The summed E-state index contributed by atoms with van der Waals surface area (Å²) < 4.78 is 37.9. The maximum atomic E-state index is 12.5. The van der Waals surface area contributed by atoms with Gasteiger partial charge in [-0.2, -0.15) is 0 Å². The fraction of sp³-hybridized carbons (Fsp3) is 0.150. The number of hydrogen-bond donors (Lipinski definition) is 1. The van der Waals surface area contributed by atoms with E-state index in [1.54, 1.807) is 31.4 Å². The Morgan fingerprint density at radius 2 is 1.86 bits per heavy atom. The SMILES string of the molecule is COc1ccc(-c2cc(CNS(=O)(=O)Cc3noc4ccccc34)ncn2)cc1. The Bertz CT molecular complexity index is 1240. The zero-order valence-corrected chi connectivity index (χ0v) is 16.4. The van der Waals surface area contributed by atoms with Crippen LogP contribution in [0.25, 0.3) is 22.2 Å². The highest BCUT2D eigenvalue weighted by molar-refractivity contribution is 7.88.